The number of phenols is 1. The highest BCUT2D eigenvalue weighted by molar-refractivity contribution is 5.84. The maximum Gasteiger partial charge on any atom is 0.339 e. The quantitative estimate of drug-likeness (QED) is 0.695. The van der Waals surface area contributed by atoms with Crippen LogP contribution in [0, 0.1) is 0 Å². The maximum absolute atomic E-state index is 11.0. The molecule has 1 aromatic heterocycles. The van der Waals surface area contributed by atoms with Gasteiger partial charge in [0.15, 0.2) is 0 Å². The largest absolute Gasteiger partial charge is 0.508 e. The van der Waals surface area contributed by atoms with Crippen LogP contribution in [0.2, 0.25) is 0 Å². The zero-order chi connectivity index (χ0) is 10.1. The van der Waals surface area contributed by atoms with Gasteiger partial charge in [-0.25, -0.2) is 4.79 Å². The van der Waals surface area contributed by atoms with Crippen LogP contribution in [0.25, 0.3) is 11.0 Å². The molecule has 0 aliphatic rings. The van der Waals surface area contributed by atoms with E-state index in [1.54, 1.807) is 0 Å². The molecule has 0 atom stereocenters. The predicted octanol–water partition coefficient (Wildman–Crippen LogP) is 1.51. The van der Waals surface area contributed by atoms with Gasteiger partial charge in [-0.3, -0.25) is 0 Å². The van der Waals surface area contributed by atoms with Gasteiger partial charge >= 0.3 is 5.63 Å². The number of phenolic OH excluding ortho intramolecular Hbond substituents is 1. The van der Waals surface area contributed by atoms with Crippen LogP contribution in [0.4, 0.5) is 0 Å². The van der Waals surface area contributed by atoms with Gasteiger partial charge in [-0.15, -0.1) is 0 Å². The zero-order valence-corrected chi connectivity index (χ0v) is 7.48. The fraction of sp³-hybridized carbons (Fsp3) is 0.100. The molecule has 0 saturated heterocycles. The normalized spacial score (nSPS) is 10.4. The van der Waals surface area contributed by atoms with Crippen LogP contribution in [0.3, 0.4) is 0 Å². The number of benzene rings is 1. The minimum Gasteiger partial charge on any atom is -0.508 e. The van der Waals surface area contributed by atoms with Crippen LogP contribution in [-0.2, 0) is 0 Å². The Balaban J connectivity index is 2.88. The van der Waals surface area contributed by atoms with Crippen molar-refractivity contribution >= 4 is 11.0 Å². The van der Waals surface area contributed by atoms with Crippen LogP contribution in [0.1, 0.15) is 0 Å². The Bertz CT molecular complexity index is 527. The van der Waals surface area contributed by atoms with Gasteiger partial charge in [0, 0.05) is 0 Å². The lowest BCUT2D eigenvalue weighted by Crippen LogP contribution is -1.98. The number of aromatic hydroxyl groups is 1. The van der Waals surface area contributed by atoms with E-state index < -0.39 is 5.63 Å². The Hall–Kier alpha value is -1.97. The van der Waals surface area contributed by atoms with Crippen LogP contribution in [-0.4, -0.2) is 12.2 Å². The summed E-state index contributed by atoms with van der Waals surface area (Å²) in [4.78, 5) is 11.0. The highest BCUT2D eigenvalue weighted by Crippen LogP contribution is 2.26. The van der Waals surface area contributed by atoms with E-state index in [4.69, 9.17) is 9.15 Å². The van der Waals surface area contributed by atoms with Crippen LogP contribution in [0.5, 0.6) is 11.5 Å². The number of hydrogen-bond donors (Lipinski definition) is 1. The first-order valence-electron chi connectivity index (χ1n) is 4.01. The molecule has 0 aliphatic heterocycles. The lowest BCUT2D eigenvalue weighted by molar-refractivity contribution is 0.412. The molecule has 0 saturated carbocycles. The highest BCUT2D eigenvalue weighted by Gasteiger charge is 2.05. The van der Waals surface area contributed by atoms with Crippen LogP contribution >= 0.6 is 0 Å². The Morgan fingerprint density at radius 3 is 2.86 bits per heavy atom. The molecule has 0 spiro atoms. The monoisotopic (exact) mass is 192 g/mol. The second-order valence-corrected chi connectivity index (χ2v) is 2.81. The van der Waals surface area contributed by atoms with Crippen LogP contribution < -0.4 is 10.4 Å². The topological polar surface area (TPSA) is 59.7 Å². The molecular formula is C10H8O4. The van der Waals surface area contributed by atoms with E-state index in [-0.39, 0.29) is 5.75 Å². The number of methoxy groups -OCH3 is 1. The molecular weight excluding hydrogens is 184 g/mol. The van der Waals surface area contributed by atoms with E-state index in [0.29, 0.717) is 16.7 Å². The minimum absolute atomic E-state index is 0.102. The van der Waals surface area contributed by atoms with Gasteiger partial charge in [0.05, 0.1) is 18.6 Å². The summed E-state index contributed by atoms with van der Waals surface area (Å²) in [6, 6.07) is 5.69. The predicted molar refractivity (Wildman–Crippen MR) is 50.7 cm³/mol. The van der Waals surface area contributed by atoms with Crippen molar-refractivity contribution in [2.45, 2.75) is 0 Å². The van der Waals surface area contributed by atoms with E-state index in [9.17, 15) is 9.90 Å². The average Bonchev–Trinajstić information content (AvgIpc) is 2.17. The molecule has 2 rings (SSSR count). The van der Waals surface area contributed by atoms with Crippen molar-refractivity contribution in [1.29, 1.82) is 0 Å². The average molecular weight is 192 g/mol. The number of ether oxygens (including phenoxy) is 1. The fourth-order valence-electron chi connectivity index (χ4n) is 1.29. The molecule has 0 fully saturated rings. The van der Waals surface area contributed by atoms with Crippen molar-refractivity contribution in [3.05, 3.63) is 34.7 Å². The lowest BCUT2D eigenvalue weighted by atomic mass is 10.2. The third-order valence-electron chi connectivity index (χ3n) is 1.91. The third-order valence-corrected chi connectivity index (χ3v) is 1.91. The highest BCUT2D eigenvalue weighted by atomic mass is 16.5. The van der Waals surface area contributed by atoms with Crippen molar-refractivity contribution in [3.63, 3.8) is 0 Å². The van der Waals surface area contributed by atoms with E-state index in [2.05, 4.69) is 0 Å². The Labute approximate surface area is 79.4 Å². The van der Waals surface area contributed by atoms with Gasteiger partial charge in [0.2, 0.25) is 0 Å². The molecule has 0 radical (unpaired) electrons. The molecule has 0 unspecified atom stereocenters. The summed E-state index contributed by atoms with van der Waals surface area (Å²) < 4.78 is 9.90. The summed E-state index contributed by atoms with van der Waals surface area (Å²) in [6.45, 7) is 0. The van der Waals surface area contributed by atoms with Crippen molar-refractivity contribution in [2.75, 3.05) is 7.11 Å². The number of fused-ring (bicyclic) bond motifs is 1. The molecule has 14 heavy (non-hydrogen) atoms. The Kier molecular flexibility index (Phi) is 1.89. The maximum atomic E-state index is 11.0. The van der Waals surface area contributed by atoms with Crippen molar-refractivity contribution < 1.29 is 14.3 Å². The van der Waals surface area contributed by atoms with E-state index in [1.165, 1.54) is 31.4 Å². The number of rotatable bonds is 1. The summed E-state index contributed by atoms with van der Waals surface area (Å²) in [6.07, 6.45) is 0. The molecule has 0 aliphatic carbocycles. The van der Waals surface area contributed by atoms with Gasteiger partial charge < -0.3 is 14.3 Å². The summed E-state index contributed by atoms with van der Waals surface area (Å²) >= 11 is 0. The van der Waals surface area contributed by atoms with Gasteiger partial charge in [0.25, 0.3) is 0 Å². The van der Waals surface area contributed by atoms with Crippen molar-refractivity contribution in [1.82, 2.24) is 0 Å². The third kappa shape index (κ3) is 1.31. The molecule has 4 heteroatoms. The molecule has 72 valence electrons. The van der Waals surface area contributed by atoms with Crippen molar-refractivity contribution in [3.8, 4) is 11.5 Å². The summed E-state index contributed by atoms with van der Waals surface area (Å²) in [5.74, 6) is 0.497. The van der Waals surface area contributed by atoms with E-state index >= 15 is 0 Å². The Morgan fingerprint density at radius 1 is 1.36 bits per heavy atom. The SMILES string of the molecule is COc1cc(=O)oc2ccc(O)cc12. The standard InChI is InChI=1S/C10H8O4/c1-13-9-5-10(12)14-8-3-2-6(11)4-7(8)9/h2-5,11H,1H3. The number of hydrogen-bond acceptors (Lipinski definition) is 4. The zero-order valence-electron chi connectivity index (χ0n) is 7.48. The lowest BCUT2D eigenvalue weighted by Gasteiger charge is -2.03. The first-order chi connectivity index (χ1) is 6.70. The molecule has 2 aromatic rings. The second kappa shape index (κ2) is 3.06. The first-order valence-corrected chi connectivity index (χ1v) is 4.01. The summed E-state index contributed by atoms with van der Waals surface area (Å²) in [5.41, 5.74) is -0.0767. The molecule has 4 nitrogen and oxygen atoms in total. The van der Waals surface area contributed by atoms with Gasteiger partial charge in [0.1, 0.15) is 17.1 Å². The molecule has 1 aromatic carbocycles. The fourth-order valence-corrected chi connectivity index (χ4v) is 1.29. The van der Waals surface area contributed by atoms with Gasteiger partial charge in [-0.2, -0.15) is 0 Å². The van der Waals surface area contributed by atoms with Crippen molar-refractivity contribution in [2.24, 2.45) is 0 Å². The van der Waals surface area contributed by atoms with E-state index in [0.717, 1.165) is 0 Å². The first kappa shape index (κ1) is 8.62. The second-order valence-electron chi connectivity index (χ2n) is 2.81. The summed E-state index contributed by atoms with van der Waals surface area (Å²) in [7, 11) is 1.46. The van der Waals surface area contributed by atoms with E-state index in [1.807, 2.05) is 0 Å². The minimum atomic E-state index is -0.472. The molecule has 1 heterocycles. The summed E-state index contributed by atoms with van der Waals surface area (Å²) in [5, 5.41) is 9.82. The van der Waals surface area contributed by atoms with Gasteiger partial charge in [-0.1, -0.05) is 0 Å². The smallest absolute Gasteiger partial charge is 0.339 e. The van der Waals surface area contributed by atoms with Crippen LogP contribution in [0.15, 0.2) is 33.5 Å². The molecule has 0 bridgehead atoms. The Morgan fingerprint density at radius 2 is 2.14 bits per heavy atom. The van der Waals surface area contributed by atoms with Gasteiger partial charge in [-0.05, 0) is 18.2 Å². The molecule has 0 amide bonds. The molecule has 1 N–H and O–H groups in total.